The van der Waals surface area contributed by atoms with Gasteiger partial charge in [-0.25, -0.2) is 22.9 Å². The largest absolute Gasteiger partial charge is 0.460 e. The molecule has 0 spiro atoms. The topological polar surface area (TPSA) is 114 Å². The highest BCUT2D eigenvalue weighted by Crippen LogP contribution is 2.11. The maximum atomic E-state index is 12.2. The lowest BCUT2D eigenvalue weighted by atomic mass is 10.2. The Kier molecular flexibility index (Phi) is 5.45. The van der Waals surface area contributed by atoms with Crippen LogP contribution < -0.4 is 4.72 Å². The summed E-state index contributed by atoms with van der Waals surface area (Å²) < 4.78 is 31.6. The third-order valence-corrected chi connectivity index (χ3v) is 4.35. The van der Waals surface area contributed by atoms with E-state index in [4.69, 9.17) is 4.74 Å². The van der Waals surface area contributed by atoms with Gasteiger partial charge in [0.15, 0.2) is 0 Å². The number of nitrogens with one attached hydrogen (secondary N) is 2. The molecule has 124 valence electrons. The molecule has 8 nitrogen and oxygen atoms in total. The van der Waals surface area contributed by atoms with Gasteiger partial charge in [-0.1, -0.05) is 30.3 Å². The summed E-state index contributed by atoms with van der Waals surface area (Å²) in [6.45, 7) is 3.49. The number of hydrogen-bond acceptors (Lipinski definition) is 6. The summed E-state index contributed by atoms with van der Waals surface area (Å²) in [5.74, 6) is -0.688. The van der Waals surface area contributed by atoms with E-state index in [9.17, 15) is 13.2 Å². The van der Waals surface area contributed by atoms with Gasteiger partial charge in [0, 0.05) is 0 Å². The van der Waals surface area contributed by atoms with Crippen LogP contribution in [0, 0.1) is 0 Å². The van der Waals surface area contributed by atoms with Crippen LogP contribution in [0.4, 0.5) is 0 Å². The van der Waals surface area contributed by atoms with Gasteiger partial charge in [0.25, 0.3) is 5.82 Å². The zero-order valence-corrected chi connectivity index (χ0v) is 13.6. The van der Waals surface area contributed by atoms with Gasteiger partial charge in [0.1, 0.15) is 5.82 Å². The van der Waals surface area contributed by atoms with Crippen molar-refractivity contribution in [1.82, 2.24) is 19.9 Å². The maximum absolute atomic E-state index is 12.2. The summed E-state index contributed by atoms with van der Waals surface area (Å²) in [6.07, 6.45) is 0. The van der Waals surface area contributed by atoms with E-state index in [1.54, 1.807) is 38.1 Å². The highest BCUT2D eigenvalue weighted by atomic mass is 32.2. The number of hydrogen-bond donors (Lipinski definition) is 2. The molecule has 0 aliphatic rings. The van der Waals surface area contributed by atoms with Crippen molar-refractivity contribution in [3.05, 3.63) is 47.5 Å². The third-order valence-electron chi connectivity index (χ3n) is 2.93. The van der Waals surface area contributed by atoms with Crippen molar-refractivity contribution < 1.29 is 17.9 Å². The second kappa shape index (κ2) is 7.34. The first-order valence-corrected chi connectivity index (χ1v) is 8.70. The molecular weight excluding hydrogens is 320 g/mol. The number of H-pyrrole nitrogens is 1. The predicted octanol–water partition coefficient (Wildman–Crippen LogP) is 1.16. The number of esters is 1. The van der Waals surface area contributed by atoms with E-state index < -0.39 is 22.0 Å². The SMILES string of the molecule is CCOC(=O)c1n[nH]c(C(C)NS(=O)(=O)Cc2ccccc2)n1. The minimum Gasteiger partial charge on any atom is -0.460 e. The Balaban J connectivity index is 2.03. The minimum atomic E-state index is -3.56. The zero-order valence-electron chi connectivity index (χ0n) is 12.8. The summed E-state index contributed by atoms with van der Waals surface area (Å²) in [4.78, 5) is 15.5. The zero-order chi connectivity index (χ0) is 16.9. The minimum absolute atomic E-state index is 0.129. The number of benzene rings is 1. The molecule has 0 saturated heterocycles. The Morgan fingerprint density at radius 2 is 2.04 bits per heavy atom. The first-order valence-electron chi connectivity index (χ1n) is 7.04. The molecule has 1 heterocycles. The van der Waals surface area contributed by atoms with Crippen LogP contribution >= 0.6 is 0 Å². The van der Waals surface area contributed by atoms with E-state index in [-0.39, 0.29) is 24.0 Å². The summed E-state index contributed by atoms with van der Waals surface area (Å²) in [5.41, 5.74) is 0.678. The van der Waals surface area contributed by atoms with Crippen LogP contribution in [-0.2, 0) is 20.5 Å². The van der Waals surface area contributed by atoms with Gasteiger partial charge < -0.3 is 4.74 Å². The number of carbonyl (C=O) groups excluding carboxylic acids is 1. The number of rotatable bonds is 7. The molecule has 2 rings (SSSR count). The van der Waals surface area contributed by atoms with E-state index in [1.165, 1.54) is 0 Å². The van der Waals surface area contributed by atoms with Crippen LogP contribution in [0.5, 0.6) is 0 Å². The Hall–Kier alpha value is -2.26. The molecule has 1 atom stereocenters. The fourth-order valence-corrected chi connectivity index (χ4v) is 3.28. The molecule has 0 aliphatic heterocycles. The number of carbonyl (C=O) groups is 1. The highest BCUT2D eigenvalue weighted by Gasteiger charge is 2.21. The Bertz CT molecular complexity index is 758. The van der Waals surface area contributed by atoms with Crippen molar-refractivity contribution in [3.8, 4) is 0 Å². The average molecular weight is 338 g/mol. The molecule has 23 heavy (non-hydrogen) atoms. The fourth-order valence-electron chi connectivity index (χ4n) is 1.92. The van der Waals surface area contributed by atoms with Gasteiger partial charge in [-0.3, -0.25) is 5.10 Å². The Morgan fingerprint density at radius 1 is 1.35 bits per heavy atom. The molecule has 0 amide bonds. The van der Waals surface area contributed by atoms with E-state index in [2.05, 4.69) is 19.9 Å². The van der Waals surface area contributed by atoms with Gasteiger partial charge >= 0.3 is 5.97 Å². The first kappa shape index (κ1) is 17.1. The molecule has 0 radical (unpaired) electrons. The molecular formula is C14H18N4O4S. The summed E-state index contributed by atoms with van der Waals surface area (Å²) in [6, 6.07) is 8.18. The lowest BCUT2D eigenvalue weighted by Gasteiger charge is -2.11. The highest BCUT2D eigenvalue weighted by molar-refractivity contribution is 7.88. The molecule has 1 aromatic carbocycles. The number of nitrogens with zero attached hydrogens (tertiary/aromatic N) is 2. The normalized spacial score (nSPS) is 12.8. The van der Waals surface area contributed by atoms with Crippen LogP contribution in [0.25, 0.3) is 0 Å². The van der Waals surface area contributed by atoms with Gasteiger partial charge in [0.2, 0.25) is 10.0 Å². The van der Waals surface area contributed by atoms with Gasteiger partial charge in [0.05, 0.1) is 18.4 Å². The van der Waals surface area contributed by atoms with E-state index in [0.717, 1.165) is 0 Å². The van der Waals surface area contributed by atoms with Crippen molar-refractivity contribution in [2.45, 2.75) is 25.6 Å². The molecule has 2 aromatic rings. The van der Waals surface area contributed by atoms with Crippen molar-refractivity contribution in [1.29, 1.82) is 0 Å². The lowest BCUT2D eigenvalue weighted by molar-refractivity contribution is 0.0512. The van der Waals surface area contributed by atoms with E-state index in [0.29, 0.717) is 5.56 Å². The van der Waals surface area contributed by atoms with Crippen molar-refractivity contribution in [3.63, 3.8) is 0 Å². The number of sulfonamides is 1. The van der Waals surface area contributed by atoms with Gasteiger partial charge in [-0.05, 0) is 19.4 Å². The van der Waals surface area contributed by atoms with Gasteiger partial charge in [-0.2, -0.15) is 0 Å². The molecule has 0 aliphatic carbocycles. The molecule has 2 N–H and O–H groups in total. The standard InChI is InChI=1S/C14H18N4O4S/c1-3-22-14(19)13-15-12(16-17-13)10(2)18-23(20,21)9-11-7-5-4-6-8-11/h4-8,10,18H,3,9H2,1-2H3,(H,15,16,17). The van der Waals surface area contributed by atoms with Crippen molar-refractivity contribution >= 4 is 16.0 Å². The maximum Gasteiger partial charge on any atom is 0.378 e. The molecule has 0 bridgehead atoms. The Labute approximate surface area is 134 Å². The lowest BCUT2D eigenvalue weighted by Crippen LogP contribution is -2.28. The summed E-state index contributed by atoms with van der Waals surface area (Å²) in [5, 5.41) is 6.27. The van der Waals surface area contributed by atoms with Crippen LogP contribution in [0.3, 0.4) is 0 Å². The first-order chi connectivity index (χ1) is 10.9. The number of aromatic amines is 1. The second-order valence-corrected chi connectivity index (χ2v) is 6.60. The quantitative estimate of drug-likeness (QED) is 0.732. The van der Waals surface area contributed by atoms with E-state index in [1.807, 2.05) is 6.07 Å². The van der Waals surface area contributed by atoms with Crippen LogP contribution in [0.1, 0.15) is 41.9 Å². The third kappa shape index (κ3) is 4.86. The summed E-state index contributed by atoms with van der Waals surface area (Å²) in [7, 11) is -3.56. The fraction of sp³-hybridized carbons (Fsp3) is 0.357. The predicted molar refractivity (Wildman–Crippen MR) is 83.0 cm³/mol. The monoisotopic (exact) mass is 338 g/mol. The molecule has 1 unspecified atom stereocenters. The van der Waals surface area contributed by atoms with E-state index >= 15 is 0 Å². The van der Waals surface area contributed by atoms with Gasteiger partial charge in [-0.15, -0.1) is 5.10 Å². The number of ether oxygens (including phenoxy) is 1. The molecule has 0 saturated carbocycles. The van der Waals surface area contributed by atoms with Crippen LogP contribution in [-0.4, -0.2) is 36.2 Å². The van der Waals surface area contributed by atoms with Crippen LogP contribution in [0.2, 0.25) is 0 Å². The number of aromatic nitrogens is 3. The molecule has 0 fully saturated rings. The average Bonchev–Trinajstić information content (AvgIpc) is 2.97. The smallest absolute Gasteiger partial charge is 0.378 e. The molecule has 1 aromatic heterocycles. The summed E-state index contributed by atoms with van der Waals surface area (Å²) >= 11 is 0. The second-order valence-electron chi connectivity index (χ2n) is 4.85. The van der Waals surface area contributed by atoms with Crippen LogP contribution in [0.15, 0.2) is 30.3 Å². The molecule has 9 heteroatoms. The Morgan fingerprint density at radius 3 is 2.70 bits per heavy atom. The van der Waals surface area contributed by atoms with Crippen molar-refractivity contribution in [2.75, 3.05) is 6.61 Å². The van der Waals surface area contributed by atoms with Crippen molar-refractivity contribution in [2.24, 2.45) is 0 Å².